The Bertz CT molecular complexity index is 506. The van der Waals surface area contributed by atoms with Crippen LogP contribution in [0.25, 0.3) is 0 Å². The first-order valence-electron chi connectivity index (χ1n) is 8.75. The first-order chi connectivity index (χ1) is 11.2. The number of thioether (sulfide) groups is 1. The number of nitrogens with zero attached hydrogens (tertiary/aromatic N) is 1. The summed E-state index contributed by atoms with van der Waals surface area (Å²) in [5.41, 5.74) is 7.23. The van der Waals surface area contributed by atoms with E-state index >= 15 is 0 Å². The molecule has 3 rings (SSSR count). The third-order valence-corrected chi connectivity index (χ3v) is 6.15. The second-order valence-electron chi connectivity index (χ2n) is 6.90. The lowest BCUT2D eigenvalue weighted by atomic mass is 9.67. The molecule has 2 bridgehead atoms. The molecule has 142 valence electrons. The number of pyridine rings is 1. The predicted octanol–water partition coefficient (Wildman–Crippen LogP) is 3.57. The minimum Gasteiger partial charge on any atom is -0.353 e. The summed E-state index contributed by atoms with van der Waals surface area (Å²) in [6.45, 7) is 0. The SMILES string of the molecule is Cl.Cl.NC1CC2CCCC(C1)C2NC(=O)CCSCc1ccccn1. The maximum absolute atomic E-state index is 12.3. The Kier molecular flexibility index (Phi) is 10.2. The largest absolute Gasteiger partial charge is 0.353 e. The maximum atomic E-state index is 12.3. The Morgan fingerprint density at radius 1 is 1.24 bits per heavy atom. The summed E-state index contributed by atoms with van der Waals surface area (Å²) in [6, 6.07) is 6.67. The summed E-state index contributed by atoms with van der Waals surface area (Å²) >= 11 is 1.78. The van der Waals surface area contributed by atoms with Crippen molar-refractivity contribution >= 4 is 42.5 Å². The minimum absolute atomic E-state index is 0. The van der Waals surface area contributed by atoms with E-state index in [-0.39, 0.29) is 30.7 Å². The number of hydrogen-bond acceptors (Lipinski definition) is 4. The van der Waals surface area contributed by atoms with Crippen LogP contribution < -0.4 is 11.1 Å². The van der Waals surface area contributed by atoms with Gasteiger partial charge in [0.25, 0.3) is 0 Å². The summed E-state index contributed by atoms with van der Waals surface area (Å²) in [4.78, 5) is 16.6. The lowest BCUT2D eigenvalue weighted by Gasteiger charge is -2.45. The Hall–Kier alpha value is -0.490. The van der Waals surface area contributed by atoms with Gasteiger partial charge in [0, 0.05) is 36.2 Å². The lowest BCUT2D eigenvalue weighted by Crippen LogP contribution is -2.53. The van der Waals surface area contributed by atoms with E-state index < -0.39 is 0 Å². The number of hydrogen-bond donors (Lipinski definition) is 2. The fraction of sp³-hybridized carbons (Fsp3) is 0.667. The number of fused-ring (bicyclic) bond motifs is 2. The van der Waals surface area contributed by atoms with Crippen LogP contribution in [0, 0.1) is 11.8 Å². The number of aromatic nitrogens is 1. The topological polar surface area (TPSA) is 68.0 Å². The van der Waals surface area contributed by atoms with Crippen LogP contribution in [0.5, 0.6) is 0 Å². The first kappa shape index (κ1) is 22.6. The van der Waals surface area contributed by atoms with Gasteiger partial charge in [-0.25, -0.2) is 0 Å². The number of carbonyl (C=O) groups is 1. The average Bonchev–Trinajstić information content (AvgIpc) is 2.53. The van der Waals surface area contributed by atoms with Crippen LogP contribution in [0.2, 0.25) is 0 Å². The van der Waals surface area contributed by atoms with Crippen LogP contribution in [-0.2, 0) is 10.5 Å². The molecular formula is C18H29Cl2N3OS. The quantitative estimate of drug-likeness (QED) is 0.709. The van der Waals surface area contributed by atoms with Gasteiger partial charge in [0.2, 0.25) is 5.91 Å². The van der Waals surface area contributed by atoms with Gasteiger partial charge in [-0.2, -0.15) is 11.8 Å². The highest BCUT2D eigenvalue weighted by atomic mass is 35.5. The van der Waals surface area contributed by atoms with Crippen LogP contribution in [0.1, 0.15) is 44.2 Å². The molecular weight excluding hydrogens is 377 g/mol. The zero-order chi connectivity index (χ0) is 16.1. The molecule has 3 N–H and O–H groups in total. The summed E-state index contributed by atoms with van der Waals surface area (Å²) in [7, 11) is 0. The Morgan fingerprint density at radius 3 is 2.60 bits per heavy atom. The van der Waals surface area contributed by atoms with Gasteiger partial charge in [-0.1, -0.05) is 12.5 Å². The van der Waals surface area contributed by atoms with E-state index in [1.54, 1.807) is 11.8 Å². The van der Waals surface area contributed by atoms with Gasteiger partial charge >= 0.3 is 0 Å². The molecule has 1 aromatic rings. The Balaban J connectivity index is 0.00000156. The molecule has 2 unspecified atom stereocenters. The van der Waals surface area contributed by atoms with Crippen molar-refractivity contribution in [1.29, 1.82) is 0 Å². The molecule has 2 fully saturated rings. The van der Waals surface area contributed by atoms with Crippen molar-refractivity contribution in [3.05, 3.63) is 30.1 Å². The molecule has 1 aromatic heterocycles. The van der Waals surface area contributed by atoms with Gasteiger partial charge in [0.15, 0.2) is 0 Å². The molecule has 2 saturated carbocycles. The number of carbonyl (C=O) groups excluding carboxylic acids is 1. The fourth-order valence-corrected chi connectivity index (χ4v) is 4.96. The zero-order valence-corrected chi connectivity index (χ0v) is 16.9. The highest BCUT2D eigenvalue weighted by Crippen LogP contribution is 2.39. The number of nitrogens with two attached hydrogens (primary N) is 1. The molecule has 2 aliphatic rings. The van der Waals surface area contributed by atoms with E-state index in [9.17, 15) is 4.79 Å². The van der Waals surface area contributed by atoms with Crippen molar-refractivity contribution in [2.45, 2.75) is 56.4 Å². The first-order valence-corrected chi connectivity index (χ1v) is 9.90. The van der Waals surface area contributed by atoms with E-state index in [1.165, 1.54) is 19.3 Å². The second-order valence-corrected chi connectivity index (χ2v) is 8.00. The van der Waals surface area contributed by atoms with Gasteiger partial charge in [0.05, 0.1) is 5.69 Å². The van der Waals surface area contributed by atoms with Crippen molar-refractivity contribution in [1.82, 2.24) is 10.3 Å². The molecule has 2 atom stereocenters. The van der Waals surface area contributed by atoms with Crippen molar-refractivity contribution < 1.29 is 4.79 Å². The molecule has 0 radical (unpaired) electrons. The van der Waals surface area contributed by atoms with E-state index in [2.05, 4.69) is 10.3 Å². The van der Waals surface area contributed by atoms with Crippen LogP contribution >= 0.6 is 36.6 Å². The number of halogens is 2. The van der Waals surface area contributed by atoms with Crippen LogP contribution in [-0.4, -0.2) is 28.7 Å². The zero-order valence-electron chi connectivity index (χ0n) is 14.4. The molecule has 0 saturated heterocycles. The van der Waals surface area contributed by atoms with E-state index in [0.29, 0.717) is 30.3 Å². The van der Waals surface area contributed by atoms with E-state index in [4.69, 9.17) is 5.73 Å². The third-order valence-electron chi connectivity index (χ3n) is 5.15. The second kappa shape index (κ2) is 11.3. The highest BCUT2D eigenvalue weighted by Gasteiger charge is 2.39. The molecule has 2 aliphatic carbocycles. The van der Waals surface area contributed by atoms with Crippen LogP contribution in [0.15, 0.2) is 24.4 Å². The van der Waals surface area contributed by atoms with Gasteiger partial charge in [-0.15, -0.1) is 24.8 Å². The normalized spacial score (nSPS) is 27.6. The van der Waals surface area contributed by atoms with Crippen molar-refractivity contribution in [2.24, 2.45) is 17.6 Å². The van der Waals surface area contributed by atoms with Crippen molar-refractivity contribution in [3.8, 4) is 0 Å². The van der Waals surface area contributed by atoms with Gasteiger partial charge in [0.1, 0.15) is 0 Å². The smallest absolute Gasteiger partial charge is 0.221 e. The van der Waals surface area contributed by atoms with E-state index in [0.717, 1.165) is 30.0 Å². The van der Waals surface area contributed by atoms with Gasteiger partial charge in [-0.3, -0.25) is 9.78 Å². The third kappa shape index (κ3) is 6.63. The molecule has 4 nitrogen and oxygen atoms in total. The summed E-state index contributed by atoms with van der Waals surface area (Å²) in [5.74, 6) is 3.13. The number of amides is 1. The van der Waals surface area contributed by atoms with E-state index in [1.807, 2.05) is 24.4 Å². The Labute approximate surface area is 167 Å². The summed E-state index contributed by atoms with van der Waals surface area (Å²) in [5, 5.41) is 3.32. The maximum Gasteiger partial charge on any atom is 0.221 e. The monoisotopic (exact) mass is 405 g/mol. The van der Waals surface area contributed by atoms with Crippen LogP contribution in [0.4, 0.5) is 0 Å². The van der Waals surface area contributed by atoms with Gasteiger partial charge < -0.3 is 11.1 Å². The summed E-state index contributed by atoms with van der Waals surface area (Å²) in [6.07, 6.45) is 8.32. The number of rotatable bonds is 6. The lowest BCUT2D eigenvalue weighted by molar-refractivity contribution is -0.123. The standard InChI is InChI=1S/C18H27N3OS.2ClH/c19-15-10-13-4-3-5-14(11-15)18(13)21-17(22)7-9-23-12-16-6-1-2-8-20-16;;/h1-2,6,8,13-15,18H,3-5,7,9-12,19H2,(H,21,22);2*1H. The molecule has 7 heteroatoms. The fourth-order valence-electron chi connectivity index (χ4n) is 4.11. The minimum atomic E-state index is 0. The summed E-state index contributed by atoms with van der Waals surface area (Å²) < 4.78 is 0. The van der Waals surface area contributed by atoms with Crippen LogP contribution in [0.3, 0.4) is 0 Å². The number of nitrogens with one attached hydrogen (secondary N) is 1. The molecule has 0 aromatic carbocycles. The average molecular weight is 406 g/mol. The molecule has 25 heavy (non-hydrogen) atoms. The van der Waals surface area contributed by atoms with Crippen molar-refractivity contribution in [3.63, 3.8) is 0 Å². The molecule has 1 heterocycles. The molecule has 0 spiro atoms. The molecule has 1 amide bonds. The highest BCUT2D eigenvalue weighted by molar-refractivity contribution is 7.98. The Morgan fingerprint density at radius 2 is 1.96 bits per heavy atom. The van der Waals surface area contributed by atoms with Crippen molar-refractivity contribution in [2.75, 3.05) is 5.75 Å². The predicted molar refractivity (Wildman–Crippen MR) is 109 cm³/mol. The molecule has 0 aliphatic heterocycles. The van der Waals surface area contributed by atoms with Gasteiger partial charge in [-0.05, 0) is 49.7 Å².